The summed E-state index contributed by atoms with van der Waals surface area (Å²) >= 11 is 0. The van der Waals surface area contributed by atoms with Crippen molar-refractivity contribution in [1.29, 1.82) is 0 Å². The fraction of sp³-hybridized carbons (Fsp3) is 0.303. The number of anilines is 1. The predicted molar refractivity (Wildman–Crippen MR) is 165 cm³/mol. The summed E-state index contributed by atoms with van der Waals surface area (Å²) in [7, 11) is 0. The van der Waals surface area contributed by atoms with Crippen LogP contribution in [0.1, 0.15) is 44.4 Å². The van der Waals surface area contributed by atoms with E-state index in [1.165, 1.54) is 29.0 Å². The van der Waals surface area contributed by atoms with Crippen molar-refractivity contribution in [2.45, 2.75) is 46.1 Å². The van der Waals surface area contributed by atoms with Gasteiger partial charge in [0.1, 0.15) is 22.9 Å². The van der Waals surface area contributed by atoms with Crippen LogP contribution in [0.5, 0.6) is 0 Å². The molecule has 0 N–H and O–H groups in total. The largest absolute Gasteiger partial charge is 0.464 e. The topological polar surface area (TPSA) is 97.4 Å². The lowest BCUT2D eigenvalue weighted by Gasteiger charge is -2.42. The molecule has 1 amide bonds. The standard InChI is InChI=1S/C33H32F2N6O3/c1-6-21-17-39(25(42)7-2)13-14-40(21)31-22-16-24(35)28(26-23(34)9-8-20-11-15-44-30(20)26)37-32(22)41(33(43)38-31)29-19(5)10-12-36-27(29)18(3)4/h7-12,15-16,18,21H,2,6,13-14,17H2,1,3-5H3/t21-/m0/s1. The Labute approximate surface area is 252 Å². The summed E-state index contributed by atoms with van der Waals surface area (Å²) in [6.45, 7) is 12.4. The van der Waals surface area contributed by atoms with E-state index in [4.69, 9.17) is 9.40 Å². The van der Waals surface area contributed by atoms with Gasteiger partial charge in [0, 0.05) is 37.3 Å². The molecule has 44 heavy (non-hydrogen) atoms. The van der Waals surface area contributed by atoms with Gasteiger partial charge < -0.3 is 14.2 Å². The first-order valence-corrected chi connectivity index (χ1v) is 14.6. The van der Waals surface area contributed by atoms with E-state index in [2.05, 4.69) is 16.5 Å². The number of nitrogens with zero attached hydrogens (tertiary/aromatic N) is 6. The summed E-state index contributed by atoms with van der Waals surface area (Å²) in [6, 6.07) is 7.27. The lowest BCUT2D eigenvalue weighted by atomic mass is 10.0. The number of halogens is 2. The van der Waals surface area contributed by atoms with E-state index in [-0.39, 0.29) is 51.6 Å². The first-order chi connectivity index (χ1) is 21.1. The minimum Gasteiger partial charge on any atom is -0.464 e. The van der Waals surface area contributed by atoms with Crippen LogP contribution < -0.4 is 10.6 Å². The molecule has 4 aromatic heterocycles. The van der Waals surface area contributed by atoms with Gasteiger partial charge in [-0.1, -0.05) is 27.4 Å². The second-order valence-corrected chi connectivity index (χ2v) is 11.3. The lowest BCUT2D eigenvalue weighted by molar-refractivity contribution is -0.126. The Hall–Kier alpha value is -4.93. The molecular weight excluding hydrogens is 566 g/mol. The normalized spacial score (nSPS) is 15.5. The number of rotatable bonds is 6. The Bertz CT molecular complexity index is 2000. The summed E-state index contributed by atoms with van der Waals surface area (Å²) in [5.74, 6) is -1.51. The number of hydrogen-bond donors (Lipinski definition) is 0. The van der Waals surface area contributed by atoms with Crippen molar-refractivity contribution in [1.82, 2.24) is 24.4 Å². The van der Waals surface area contributed by atoms with E-state index < -0.39 is 17.3 Å². The number of aryl methyl sites for hydroxylation is 1. The molecule has 1 aliphatic heterocycles. The summed E-state index contributed by atoms with van der Waals surface area (Å²) < 4.78 is 38.5. The van der Waals surface area contributed by atoms with Crippen molar-refractivity contribution in [2.75, 3.05) is 24.5 Å². The number of fused-ring (bicyclic) bond motifs is 2. The van der Waals surface area contributed by atoms with Gasteiger partial charge in [-0.25, -0.2) is 23.1 Å². The molecule has 0 unspecified atom stereocenters. The van der Waals surface area contributed by atoms with Gasteiger partial charge in [-0.05, 0) is 61.2 Å². The molecule has 0 spiro atoms. The van der Waals surface area contributed by atoms with Crippen molar-refractivity contribution in [3.63, 3.8) is 0 Å². The summed E-state index contributed by atoms with van der Waals surface area (Å²) in [5, 5.41) is 0.858. The minimum absolute atomic E-state index is 0.0688. The third-order valence-corrected chi connectivity index (χ3v) is 8.25. The minimum atomic E-state index is -0.797. The molecule has 0 saturated carbocycles. The van der Waals surface area contributed by atoms with E-state index >= 15 is 8.78 Å². The quantitative estimate of drug-likeness (QED) is 0.224. The second kappa shape index (κ2) is 11.3. The number of benzene rings is 1. The van der Waals surface area contributed by atoms with E-state index in [0.717, 1.165) is 5.56 Å². The van der Waals surface area contributed by atoms with Crippen molar-refractivity contribution in [2.24, 2.45) is 0 Å². The molecule has 226 valence electrons. The third-order valence-electron chi connectivity index (χ3n) is 8.25. The van der Waals surface area contributed by atoms with Gasteiger partial charge in [-0.2, -0.15) is 4.98 Å². The van der Waals surface area contributed by atoms with Crippen molar-refractivity contribution in [3.05, 3.63) is 88.8 Å². The van der Waals surface area contributed by atoms with Crippen LogP contribution >= 0.6 is 0 Å². The summed E-state index contributed by atoms with van der Waals surface area (Å²) in [5.41, 5.74) is 1.07. The SMILES string of the molecule is C=CC(=O)N1CCN(c2nc(=O)n(-c3c(C)ccnc3C(C)C)c3nc(-c4c(F)ccc5ccoc45)c(F)cc23)[C@@H](CC)C1. The first-order valence-electron chi connectivity index (χ1n) is 14.6. The monoisotopic (exact) mass is 598 g/mol. The molecule has 11 heteroatoms. The maximum absolute atomic E-state index is 16.2. The molecule has 0 radical (unpaired) electrons. The van der Waals surface area contributed by atoms with Crippen LogP contribution in [-0.4, -0.2) is 56.0 Å². The van der Waals surface area contributed by atoms with Crippen LogP contribution in [-0.2, 0) is 4.79 Å². The maximum atomic E-state index is 16.2. The van der Waals surface area contributed by atoms with Crippen LogP contribution in [0.25, 0.3) is 38.9 Å². The van der Waals surface area contributed by atoms with Gasteiger partial charge in [-0.15, -0.1) is 0 Å². The molecule has 0 aliphatic carbocycles. The fourth-order valence-corrected chi connectivity index (χ4v) is 6.03. The molecule has 6 rings (SSSR count). The lowest BCUT2D eigenvalue weighted by Crippen LogP contribution is -2.55. The number of furan rings is 1. The number of aromatic nitrogens is 4. The van der Waals surface area contributed by atoms with E-state index in [1.54, 1.807) is 29.3 Å². The summed E-state index contributed by atoms with van der Waals surface area (Å²) in [4.78, 5) is 43.9. The number of carbonyl (C=O) groups excluding carboxylic acids is 1. The van der Waals surface area contributed by atoms with Crippen LogP contribution in [0.2, 0.25) is 0 Å². The Morgan fingerprint density at radius 2 is 1.95 bits per heavy atom. The second-order valence-electron chi connectivity index (χ2n) is 11.3. The van der Waals surface area contributed by atoms with Gasteiger partial charge in [-0.3, -0.25) is 9.78 Å². The Balaban J connectivity index is 1.67. The molecular formula is C33H32F2N6O3. The number of amides is 1. The fourth-order valence-electron chi connectivity index (χ4n) is 6.03. The average molecular weight is 599 g/mol. The highest BCUT2D eigenvalue weighted by Gasteiger charge is 2.32. The van der Waals surface area contributed by atoms with E-state index in [9.17, 15) is 9.59 Å². The van der Waals surface area contributed by atoms with Crippen molar-refractivity contribution >= 4 is 33.7 Å². The zero-order chi connectivity index (χ0) is 31.3. The number of piperazine rings is 1. The van der Waals surface area contributed by atoms with Gasteiger partial charge in [0.05, 0.1) is 28.6 Å². The Kier molecular flexibility index (Phi) is 7.48. The predicted octanol–water partition coefficient (Wildman–Crippen LogP) is 5.91. The molecule has 1 atom stereocenters. The van der Waals surface area contributed by atoms with Crippen LogP contribution in [0.3, 0.4) is 0 Å². The number of pyridine rings is 2. The highest BCUT2D eigenvalue weighted by Crippen LogP contribution is 2.37. The molecule has 1 aromatic carbocycles. The zero-order valence-corrected chi connectivity index (χ0v) is 25.0. The third kappa shape index (κ3) is 4.72. The van der Waals surface area contributed by atoms with Crippen molar-refractivity contribution in [3.8, 4) is 16.9 Å². The molecule has 0 bridgehead atoms. The number of carbonyl (C=O) groups is 1. The highest BCUT2D eigenvalue weighted by molar-refractivity contribution is 5.95. The molecule has 1 aliphatic rings. The van der Waals surface area contributed by atoms with Crippen LogP contribution in [0.15, 0.2) is 64.7 Å². The highest BCUT2D eigenvalue weighted by atomic mass is 19.1. The molecule has 5 heterocycles. The molecule has 1 saturated heterocycles. The summed E-state index contributed by atoms with van der Waals surface area (Å²) in [6.07, 6.45) is 4.98. The first kappa shape index (κ1) is 29.2. The van der Waals surface area contributed by atoms with Crippen LogP contribution in [0.4, 0.5) is 14.6 Å². The van der Waals surface area contributed by atoms with E-state index in [0.29, 0.717) is 42.8 Å². The van der Waals surface area contributed by atoms with Gasteiger partial charge in [0.2, 0.25) is 5.91 Å². The van der Waals surface area contributed by atoms with Gasteiger partial charge >= 0.3 is 5.69 Å². The smallest absolute Gasteiger partial charge is 0.355 e. The number of hydrogen-bond acceptors (Lipinski definition) is 7. The molecule has 9 nitrogen and oxygen atoms in total. The van der Waals surface area contributed by atoms with Gasteiger partial charge in [0.25, 0.3) is 0 Å². The average Bonchev–Trinajstić information content (AvgIpc) is 3.49. The van der Waals surface area contributed by atoms with E-state index in [1.807, 2.05) is 32.6 Å². The zero-order valence-electron chi connectivity index (χ0n) is 25.0. The molecule has 5 aromatic rings. The molecule has 1 fully saturated rings. The van der Waals surface area contributed by atoms with Gasteiger partial charge in [0.15, 0.2) is 11.5 Å². The Morgan fingerprint density at radius 1 is 1.16 bits per heavy atom. The Morgan fingerprint density at radius 3 is 2.68 bits per heavy atom. The van der Waals surface area contributed by atoms with Crippen molar-refractivity contribution < 1.29 is 18.0 Å². The van der Waals surface area contributed by atoms with Crippen LogP contribution in [0, 0.1) is 18.6 Å². The maximum Gasteiger partial charge on any atom is 0.355 e.